The van der Waals surface area contributed by atoms with Crippen LogP contribution in [-0.4, -0.2) is 29.3 Å². The number of hydrogen-bond acceptors (Lipinski definition) is 8. The van der Waals surface area contributed by atoms with Crippen LogP contribution in [0.2, 0.25) is 0 Å². The Bertz CT molecular complexity index is 1440. The zero-order valence-electron chi connectivity index (χ0n) is 21.6. The highest BCUT2D eigenvalue weighted by molar-refractivity contribution is 7.18. The van der Waals surface area contributed by atoms with Crippen molar-refractivity contribution in [2.24, 2.45) is 0 Å². The maximum absolute atomic E-state index is 13.6. The summed E-state index contributed by atoms with van der Waals surface area (Å²) in [7, 11) is 1.89. The highest BCUT2D eigenvalue weighted by Crippen LogP contribution is 2.40. The molecule has 4 rings (SSSR count). The maximum atomic E-state index is 13.6. The minimum Gasteiger partial charge on any atom is -0.477 e. The summed E-state index contributed by atoms with van der Waals surface area (Å²) in [6.45, 7) is 7.21. The summed E-state index contributed by atoms with van der Waals surface area (Å²) in [5, 5.41) is 12.2. The topological polar surface area (TPSA) is 85.6 Å². The van der Waals surface area contributed by atoms with E-state index in [1.54, 1.807) is 12.1 Å². The number of anilines is 1. The molecule has 0 aliphatic heterocycles. The highest BCUT2D eigenvalue weighted by Gasteiger charge is 2.19. The summed E-state index contributed by atoms with van der Waals surface area (Å²) in [5.74, 6) is -0.439. The first kappa shape index (κ1) is 27.4. The van der Waals surface area contributed by atoms with Gasteiger partial charge in [0.15, 0.2) is 10.9 Å². The second kappa shape index (κ2) is 11.8. The van der Waals surface area contributed by atoms with E-state index in [1.165, 1.54) is 52.3 Å². The van der Waals surface area contributed by atoms with Crippen LogP contribution in [0.25, 0.3) is 11.3 Å². The fraction of sp³-hybridized carbons (Fsp3) is 0.286. The Balaban J connectivity index is 1.47. The molecule has 0 bridgehead atoms. The Morgan fingerprint density at radius 1 is 1.08 bits per heavy atom. The Hall–Kier alpha value is -3.63. The molecule has 0 N–H and O–H groups in total. The molecule has 0 spiro atoms. The minimum atomic E-state index is -0.489. The molecule has 38 heavy (non-hydrogen) atoms. The average molecular weight is 554 g/mol. The van der Waals surface area contributed by atoms with E-state index in [1.807, 2.05) is 11.9 Å². The van der Waals surface area contributed by atoms with Crippen molar-refractivity contribution in [3.63, 3.8) is 0 Å². The van der Waals surface area contributed by atoms with E-state index in [0.29, 0.717) is 35.2 Å². The van der Waals surface area contributed by atoms with Gasteiger partial charge in [-0.15, -0.1) is 0 Å². The molecule has 0 atom stereocenters. The number of ether oxygens (including phenoxy) is 1. The van der Waals surface area contributed by atoms with Crippen molar-refractivity contribution in [1.82, 2.24) is 4.98 Å². The van der Waals surface area contributed by atoms with Gasteiger partial charge in [0.25, 0.3) is 0 Å². The van der Waals surface area contributed by atoms with Gasteiger partial charge in [-0.3, -0.25) is 14.9 Å². The Morgan fingerprint density at radius 3 is 2.39 bits per heavy atom. The molecular weight excluding hydrogens is 525 g/mol. The number of rotatable bonds is 11. The lowest BCUT2D eigenvalue weighted by molar-refractivity contribution is -0.380. The van der Waals surface area contributed by atoms with Gasteiger partial charge in [0, 0.05) is 31.6 Å². The van der Waals surface area contributed by atoms with Gasteiger partial charge in [-0.2, -0.15) is 0 Å². The standard InChI is InChI=1S/C28H28FN3O4S2/c1-17-14-20(15-18(2)19(17)3)16-36-27-26(21-7-9-22(29)10-8-21)30-28(38-27)31(4)13-5-6-23(33)24-11-12-25(37-24)32(34)35/h7-12,14-15H,5-6,13,16H2,1-4H3. The van der Waals surface area contributed by atoms with E-state index in [2.05, 4.69) is 32.9 Å². The van der Waals surface area contributed by atoms with Crippen LogP contribution in [0.5, 0.6) is 5.06 Å². The van der Waals surface area contributed by atoms with E-state index in [4.69, 9.17) is 9.72 Å². The van der Waals surface area contributed by atoms with Crippen molar-refractivity contribution in [3.05, 3.63) is 91.6 Å². The highest BCUT2D eigenvalue weighted by atomic mass is 32.1. The zero-order chi connectivity index (χ0) is 27.4. The molecular formula is C28H28FN3O4S2. The van der Waals surface area contributed by atoms with Gasteiger partial charge in [-0.1, -0.05) is 34.8 Å². The molecule has 198 valence electrons. The molecule has 4 aromatic rings. The van der Waals surface area contributed by atoms with Crippen LogP contribution in [0, 0.1) is 36.7 Å². The van der Waals surface area contributed by atoms with Crippen LogP contribution in [0.1, 0.15) is 44.8 Å². The van der Waals surface area contributed by atoms with Crippen LogP contribution in [-0.2, 0) is 6.61 Å². The number of carbonyl (C=O) groups excluding carboxylic acids is 1. The monoisotopic (exact) mass is 553 g/mol. The third-order valence-corrected chi connectivity index (χ3v) is 8.49. The second-order valence-corrected chi connectivity index (χ2v) is 11.1. The summed E-state index contributed by atoms with van der Waals surface area (Å²) >= 11 is 2.30. The second-order valence-electron chi connectivity index (χ2n) is 9.13. The number of benzene rings is 2. The molecule has 0 saturated heterocycles. The SMILES string of the molecule is Cc1cc(COc2sc(N(C)CCCC(=O)c3ccc([N+](=O)[O-])s3)nc2-c2ccc(F)cc2)cc(C)c1C. The number of hydrogen-bond donors (Lipinski definition) is 0. The number of nitro groups is 1. The predicted octanol–water partition coefficient (Wildman–Crippen LogP) is 7.52. The number of Topliss-reactive ketones (excluding diaryl/α,β-unsaturated/α-hetero) is 1. The number of aromatic nitrogens is 1. The summed E-state index contributed by atoms with van der Waals surface area (Å²) in [5.41, 5.74) is 6.13. The predicted molar refractivity (Wildman–Crippen MR) is 150 cm³/mol. The average Bonchev–Trinajstić information content (AvgIpc) is 3.54. The van der Waals surface area contributed by atoms with Crippen LogP contribution in [0.3, 0.4) is 0 Å². The molecule has 2 aromatic carbocycles. The number of ketones is 1. The molecule has 0 unspecified atom stereocenters. The van der Waals surface area contributed by atoms with E-state index in [9.17, 15) is 19.3 Å². The van der Waals surface area contributed by atoms with Crippen LogP contribution in [0.15, 0.2) is 48.5 Å². The van der Waals surface area contributed by atoms with Gasteiger partial charge in [0.05, 0.1) is 9.80 Å². The Labute approximate surface area is 228 Å². The molecule has 0 aliphatic carbocycles. The molecule has 2 heterocycles. The first-order chi connectivity index (χ1) is 18.1. The summed E-state index contributed by atoms with van der Waals surface area (Å²) in [6.07, 6.45) is 0.832. The Kier molecular flexibility index (Phi) is 8.53. The number of thiophene rings is 1. The number of nitrogens with zero attached hydrogens (tertiary/aromatic N) is 3. The first-order valence-electron chi connectivity index (χ1n) is 12.1. The summed E-state index contributed by atoms with van der Waals surface area (Å²) in [4.78, 5) is 30.0. The largest absolute Gasteiger partial charge is 0.477 e. The van der Waals surface area contributed by atoms with Crippen LogP contribution < -0.4 is 9.64 Å². The lowest BCUT2D eigenvalue weighted by Crippen LogP contribution is -2.19. The lowest BCUT2D eigenvalue weighted by atomic mass is 10.0. The van der Waals surface area contributed by atoms with E-state index >= 15 is 0 Å². The van der Waals surface area contributed by atoms with Gasteiger partial charge < -0.3 is 9.64 Å². The van der Waals surface area contributed by atoms with Gasteiger partial charge in [0.1, 0.15) is 18.1 Å². The maximum Gasteiger partial charge on any atom is 0.324 e. The van der Waals surface area contributed by atoms with E-state index < -0.39 is 4.92 Å². The molecule has 2 aromatic heterocycles. The smallest absolute Gasteiger partial charge is 0.324 e. The van der Waals surface area contributed by atoms with Crippen molar-refractivity contribution >= 4 is 38.6 Å². The number of aryl methyl sites for hydroxylation is 2. The van der Waals surface area contributed by atoms with Crippen LogP contribution in [0.4, 0.5) is 14.5 Å². The van der Waals surface area contributed by atoms with Gasteiger partial charge >= 0.3 is 5.00 Å². The van der Waals surface area contributed by atoms with E-state index in [0.717, 1.165) is 27.6 Å². The molecule has 0 aliphatic rings. The Morgan fingerprint density at radius 2 is 1.76 bits per heavy atom. The molecule has 10 heteroatoms. The van der Waals surface area contributed by atoms with Crippen molar-refractivity contribution in [1.29, 1.82) is 0 Å². The van der Waals surface area contributed by atoms with E-state index in [-0.39, 0.29) is 23.0 Å². The van der Waals surface area contributed by atoms with Crippen molar-refractivity contribution in [2.45, 2.75) is 40.2 Å². The van der Waals surface area contributed by atoms with Crippen molar-refractivity contribution in [2.75, 3.05) is 18.5 Å². The molecule has 0 saturated carbocycles. The quantitative estimate of drug-likeness (QED) is 0.108. The molecule has 7 nitrogen and oxygen atoms in total. The fourth-order valence-electron chi connectivity index (χ4n) is 3.98. The summed E-state index contributed by atoms with van der Waals surface area (Å²) < 4.78 is 19.8. The van der Waals surface area contributed by atoms with Crippen molar-refractivity contribution < 1.29 is 18.8 Å². The molecule has 0 amide bonds. The summed E-state index contributed by atoms with van der Waals surface area (Å²) in [6, 6.07) is 13.3. The fourth-order valence-corrected chi connectivity index (χ4v) is 5.69. The van der Waals surface area contributed by atoms with Crippen LogP contribution >= 0.6 is 22.7 Å². The molecule has 0 radical (unpaired) electrons. The lowest BCUT2D eigenvalue weighted by Gasteiger charge is -2.14. The van der Waals surface area contributed by atoms with Crippen molar-refractivity contribution in [3.8, 4) is 16.3 Å². The number of carbonyl (C=O) groups is 1. The number of halogens is 1. The normalized spacial score (nSPS) is 11.0. The van der Waals surface area contributed by atoms with Gasteiger partial charge in [-0.25, -0.2) is 9.37 Å². The van der Waals surface area contributed by atoms with Gasteiger partial charge in [0.2, 0.25) is 5.06 Å². The zero-order valence-corrected chi connectivity index (χ0v) is 23.2. The first-order valence-corrected chi connectivity index (χ1v) is 13.7. The number of thiazole rings is 1. The third kappa shape index (κ3) is 6.43. The van der Waals surface area contributed by atoms with Gasteiger partial charge in [-0.05, 0) is 79.8 Å². The molecule has 0 fully saturated rings. The third-order valence-electron chi connectivity index (χ3n) is 6.33. The minimum absolute atomic E-state index is 0.0370.